The van der Waals surface area contributed by atoms with Crippen LogP contribution in [0.3, 0.4) is 0 Å². The number of Topliss-reactive ketones (excluding diaryl/α,β-unsaturated/α-hetero) is 1. The molecule has 5 rings (SSSR count). The maximum absolute atomic E-state index is 13.5. The van der Waals surface area contributed by atoms with E-state index in [9.17, 15) is 27.9 Å². The largest absolute Gasteiger partial charge is 0.507 e. The van der Waals surface area contributed by atoms with Gasteiger partial charge in [0.25, 0.3) is 11.7 Å². The monoisotopic (exact) mass is 571 g/mol. The van der Waals surface area contributed by atoms with Gasteiger partial charge in [0.05, 0.1) is 22.7 Å². The van der Waals surface area contributed by atoms with Crippen molar-refractivity contribution in [2.45, 2.75) is 37.7 Å². The highest BCUT2D eigenvalue weighted by molar-refractivity contribution is 6.46. The first-order chi connectivity index (χ1) is 19.1. The van der Waals surface area contributed by atoms with Gasteiger partial charge in [-0.3, -0.25) is 9.59 Å². The Labute approximate surface area is 233 Å². The van der Waals surface area contributed by atoms with E-state index in [2.05, 4.69) is 0 Å². The van der Waals surface area contributed by atoms with Gasteiger partial charge in [0.2, 0.25) is 0 Å². The Morgan fingerprint density at radius 3 is 2.33 bits per heavy atom. The summed E-state index contributed by atoms with van der Waals surface area (Å²) in [6.45, 7) is 0.875. The zero-order valence-electron chi connectivity index (χ0n) is 21.2. The Morgan fingerprint density at radius 1 is 1.00 bits per heavy atom. The van der Waals surface area contributed by atoms with Gasteiger partial charge in [-0.05, 0) is 54.3 Å². The van der Waals surface area contributed by atoms with Crippen molar-refractivity contribution in [2.24, 2.45) is 0 Å². The molecule has 0 spiro atoms. The number of aliphatic hydroxyl groups is 1. The van der Waals surface area contributed by atoms with E-state index in [0.29, 0.717) is 26.1 Å². The molecule has 0 aromatic heterocycles. The standard InChI is InChI=1S/C30H25ClF3NO5/c31-21-10-11-24(40-17-18-4-2-1-3-5-18)23(16-21)27(36)25-26(19-6-8-20(9-7-19)30(32,33)34)35(29(38)28(25)37)22-12-14-39-15-13-22/h1-11,16,22,26,36H,12-15,17H2/t26-/m1/s1. The summed E-state index contributed by atoms with van der Waals surface area (Å²) in [5.41, 5.74) is 0.0871. The molecule has 0 saturated carbocycles. The third kappa shape index (κ3) is 5.57. The molecular formula is C30H25ClF3NO5. The van der Waals surface area contributed by atoms with E-state index in [-0.39, 0.29) is 34.1 Å². The number of amides is 1. The van der Waals surface area contributed by atoms with Crippen LogP contribution in [-0.2, 0) is 27.1 Å². The minimum Gasteiger partial charge on any atom is -0.507 e. The fourth-order valence-corrected chi connectivity index (χ4v) is 5.24. The Kier molecular flexibility index (Phi) is 7.87. The van der Waals surface area contributed by atoms with Crippen LogP contribution < -0.4 is 4.74 Å². The molecule has 0 bridgehead atoms. The van der Waals surface area contributed by atoms with Gasteiger partial charge in [0, 0.05) is 24.3 Å². The molecule has 1 atom stereocenters. The van der Waals surface area contributed by atoms with Crippen LogP contribution in [0.4, 0.5) is 13.2 Å². The summed E-state index contributed by atoms with van der Waals surface area (Å²) < 4.78 is 51.2. The molecule has 2 heterocycles. The molecule has 3 aromatic rings. The molecular weight excluding hydrogens is 547 g/mol. The van der Waals surface area contributed by atoms with Crippen LogP contribution in [0.2, 0.25) is 5.02 Å². The SMILES string of the molecule is O=C1C(=O)N(C2CCOCC2)[C@H](c2ccc(C(F)(F)F)cc2)C1=C(O)c1cc(Cl)ccc1OCc1ccccc1. The van der Waals surface area contributed by atoms with Crippen LogP contribution in [-0.4, -0.2) is 41.0 Å². The molecule has 40 heavy (non-hydrogen) atoms. The van der Waals surface area contributed by atoms with Crippen LogP contribution in [0.1, 0.15) is 41.1 Å². The number of halogens is 4. The lowest BCUT2D eigenvalue weighted by molar-refractivity contribution is -0.142. The smallest absolute Gasteiger partial charge is 0.416 e. The highest BCUT2D eigenvalue weighted by Gasteiger charge is 2.49. The summed E-state index contributed by atoms with van der Waals surface area (Å²) >= 11 is 6.24. The quantitative estimate of drug-likeness (QED) is 0.207. The minimum absolute atomic E-state index is 0.0883. The second-order valence-corrected chi connectivity index (χ2v) is 10.0. The number of likely N-dealkylation sites (tertiary alicyclic amines) is 1. The summed E-state index contributed by atoms with van der Waals surface area (Å²) in [6, 6.07) is 16.5. The first-order valence-electron chi connectivity index (χ1n) is 12.7. The lowest BCUT2D eigenvalue weighted by atomic mass is 9.93. The number of hydrogen-bond donors (Lipinski definition) is 1. The molecule has 2 fully saturated rings. The predicted octanol–water partition coefficient (Wildman–Crippen LogP) is 6.54. The molecule has 10 heteroatoms. The molecule has 2 aliphatic heterocycles. The highest BCUT2D eigenvalue weighted by Crippen LogP contribution is 2.44. The van der Waals surface area contributed by atoms with Gasteiger partial charge in [-0.1, -0.05) is 54.1 Å². The zero-order valence-corrected chi connectivity index (χ0v) is 21.9. The summed E-state index contributed by atoms with van der Waals surface area (Å²) in [4.78, 5) is 28.2. The van der Waals surface area contributed by atoms with Crippen LogP contribution in [0.25, 0.3) is 5.76 Å². The van der Waals surface area contributed by atoms with Gasteiger partial charge in [-0.2, -0.15) is 13.2 Å². The van der Waals surface area contributed by atoms with Gasteiger partial charge in [0.15, 0.2) is 0 Å². The number of alkyl halides is 3. The Morgan fingerprint density at radius 2 is 1.68 bits per heavy atom. The van der Waals surface area contributed by atoms with Crippen LogP contribution in [0, 0.1) is 0 Å². The van der Waals surface area contributed by atoms with E-state index in [1.165, 1.54) is 23.1 Å². The molecule has 2 aliphatic rings. The average molecular weight is 572 g/mol. The van der Waals surface area contributed by atoms with Crippen molar-refractivity contribution in [3.8, 4) is 5.75 Å². The number of ether oxygens (including phenoxy) is 2. The topological polar surface area (TPSA) is 76.1 Å². The minimum atomic E-state index is -4.56. The van der Waals surface area contributed by atoms with Gasteiger partial charge < -0.3 is 19.5 Å². The van der Waals surface area contributed by atoms with Crippen molar-refractivity contribution in [1.82, 2.24) is 4.90 Å². The van der Waals surface area contributed by atoms with Crippen molar-refractivity contribution in [3.05, 3.63) is 106 Å². The molecule has 1 N–H and O–H groups in total. The predicted molar refractivity (Wildman–Crippen MR) is 142 cm³/mol. The van der Waals surface area contributed by atoms with Crippen molar-refractivity contribution >= 4 is 29.1 Å². The van der Waals surface area contributed by atoms with Gasteiger partial charge in [0.1, 0.15) is 18.1 Å². The van der Waals surface area contributed by atoms with E-state index in [1.54, 1.807) is 12.1 Å². The van der Waals surface area contributed by atoms with Crippen molar-refractivity contribution < 1.29 is 37.3 Å². The van der Waals surface area contributed by atoms with Crippen molar-refractivity contribution in [2.75, 3.05) is 13.2 Å². The average Bonchev–Trinajstić information content (AvgIpc) is 3.22. The lowest BCUT2D eigenvalue weighted by Gasteiger charge is -2.35. The molecule has 1 amide bonds. The van der Waals surface area contributed by atoms with Crippen LogP contribution in [0.15, 0.2) is 78.4 Å². The Balaban J connectivity index is 1.61. The Hall–Kier alpha value is -3.82. The summed E-state index contributed by atoms with van der Waals surface area (Å²) in [7, 11) is 0. The van der Waals surface area contributed by atoms with E-state index in [1.807, 2.05) is 30.3 Å². The maximum atomic E-state index is 13.5. The number of carbonyl (C=O) groups is 2. The first-order valence-corrected chi connectivity index (χ1v) is 13.0. The van der Waals surface area contributed by atoms with E-state index in [4.69, 9.17) is 21.1 Å². The Bertz CT molecular complexity index is 1430. The first kappa shape index (κ1) is 27.7. The van der Waals surface area contributed by atoms with E-state index in [0.717, 1.165) is 17.7 Å². The zero-order chi connectivity index (χ0) is 28.4. The van der Waals surface area contributed by atoms with Crippen LogP contribution >= 0.6 is 11.6 Å². The molecule has 0 radical (unpaired) electrons. The fourth-order valence-electron chi connectivity index (χ4n) is 5.07. The third-order valence-electron chi connectivity index (χ3n) is 7.05. The number of hydrogen-bond acceptors (Lipinski definition) is 5. The van der Waals surface area contributed by atoms with E-state index < -0.39 is 41.3 Å². The maximum Gasteiger partial charge on any atom is 0.416 e. The van der Waals surface area contributed by atoms with Gasteiger partial charge >= 0.3 is 6.18 Å². The lowest BCUT2D eigenvalue weighted by Crippen LogP contribution is -2.42. The van der Waals surface area contributed by atoms with Crippen LogP contribution in [0.5, 0.6) is 5.75 Å². The number of benzene rings is 3. The van der Waals surface area contributed by atoms with Crippen molar-refractivity contribution in [1.29, 1.82) is 0 Å². The normalized spacial score (nSPS) is 19.7. The second-order valence-electron chi connectivity index (χ2n) is 9.58. The number of nitrogens with zero attached hydrogens (tertiary/aromatic N) is 1. The second kappa shape index (κ2) is 11.3. The number of aliphatic hydroxyl groups excluding tert-OH is 1. The molecule has 2 saturated heterocycles. The van der Waals surface area contributed by atoms with Gasteiger partial charge in [-0.15, -0.1) is 0 Å². The molecule has 0 aliphatic carbocycles. The molecule has 6 nitrogen and oxygen atoms in total. The molecule has 0 unspecified atom stereocenters. The number of ketones is 1. The highest BCUT2D eigenvalue weighted by atomic mass is 35.5. The fraction of sp³-hybridized carbons (Fsp3) is 0.267. The van der Waals surface area contributed by atoms with Gasteiger partial charge in [-0.25, -0.2) is 0 Å². The van der Waals surface area contributed by atoms with E-state index >= 15 is 0 Å². The third-order valence-corrected chi connectivity index (χ3v) is 7.29. The number of carbonyl (C=O) groups excluding carboxylic acids is 2. The molecule has 3 aromatic carbocycles. The number of rotatable bonds is 6. The summed E-state index contributed by atoms with van der Waals surface area (Å²) in [6.07, 6.45) is -3.69. The summed E-state index contributed by atoms with van der Waals surface area (Å²) in [5.74, 6) is -2.09. The summed E-state index contributed by atoms with van der Waals surface area (Å²) in [5, 5.41) is 11.8. The van der Waals surface area contributed by atoms with Crippen molar-refractivity contribution in [3.63, 3.8) is 0 Å². The molecule has 208 valence electrons.